The third-order valence-corrected chi connectivity index (χ3v) is 3.98. The zero-order valence-electron chi connectivity index (χ0n) is 18.1. The molecule has 9 heteroatoms. The minimum Gasteiger partial charge on any atom is -0.448 e. The van der Waals surface area contributed by atoms with Crippen molar-refractivity contribution in [2.24, 2.45) is 5.92 Å². The summed E-state index contributed by atoms with van der Waals surface area (Å²) in [4.78, 5) is 49.5. The van der Waals surface area contributed by atoms with Gasteiger partial charge in [0.1, 0.15) is 0 Å². The Morgan fingerprint density at radius 1 is 1.10 bits per heavy atom. The third kappa shape index (κ3) is 5.88. The summed E-state index contributed by atoms with van der Waals surface area (Å²) in [6.07, 6.45) is -1.24. The van der Waals surface area contributed by atoms with Crippen LogP contribution < -0.4 is 16.2 Å². The third-order valence-electron chi connectivity index (χ3n) is 3.98. The molecule has 0 aliphatic heterocycles. The van der Waals surface area contributed by atoms with E-state index in [1.165, 1.54) is 11.6 Å². The standard InChI is InChI=1S/C21H28N4O5/c1-12(2)11-25-18(27)15-10-8-7-9-14(15)16(24-25)19(28)30-13(3)17(26)22-20(29)23-21(4,5)6/h7-10,12-13H,11H2,1-6H3,(H2,22,23,26,29)/t13-/m0/s1. The van der Waals surface area contributed by atoms with Crippen LogP contribution >= 0.6 is 0 Å². The number of urea groups is 1. The first kappa shape index (κ1) is 23.1. The summed E-state index contributed by atoms with van der Waals surface area (Å²) in [5, 5.41) is 9.57. The van der Waals surface area contributed by atoms with Gasteiger partial charge in [0, 0.05) is 17.5 Å². The van der Waals surface area contributed by atoms with E-state index < -0.39 is 29.6 Å². The number of nitrogens with zero attached hydrogens (tertiary/aromatic N) is 2. The van der Waals surface area contributed by atoms with Crippen LogP contribution in [0.5, 0.6) is 0 Å². The van der Waals surface area contributed by atoms with Crippen molar-refractivity contribution in [1.29, 1.82) is 0 Å². The lowest BCUT2D eigenvalue weighted by Crippen LogP contribution is -2.50. The maximum Gasteiger partial charge on any atom is 0.360 e. The summed E-state index contributed by atoms with van der Waals surface area (Å²) >= 11 is 0. The molecule has 0 radical (unpaired) electrons. The van der Waals surface area contributed by atoms with E-state index in [4.69, 9.17) is 4.74 Å². The van der Waals surface area contributed by atoms with Gasteiger partial charge < -0.3 is 10.1 Å². The fourth-order valence-electron chi connectivity index (χ4n) is 2.71. The second-order valence-electron chi connectivity index (χ2n) is 8.52. The highest BCUT2D eigenvalue weighted by molar-refractivity contribution is 6.03. The molecule has 0 spiro atoms. The van der Waals surface area contributed by atoms with Crippen LogP contribution in [0.3, 0.4) is 0 Å². The molecular weight excluding hydrogens is 388 g/mol. The number of imide groups is 1. The fraction of sp³-hybridized carbons (Fsp3) is 0.476. The SMILES string of the molecule is CC(C)Cn1nc(C(=O)O[C@@H](C)C(=O)NC(=O)NC(C)(C)C)c2ccccc2c1=O. The number of esters is 1. The number of amides is 3. The van der Waals surface area contributed by atoms with Crippen molar-refractivity contribution in [3.8, 4) is 0 Å². The van der Waals surface area contributed by atoms with Crippen molar-refractivity contribution in [2.45, 2.75) is 59.7 Å². The zero-order chi connectivity index (χ0) is 22.6. The molecule has 2 N–H and O–H groups in total. The van der Waals surface area contributed by atoms with E-state index in [1.807, 2.05) is 13.8 Å². The Bertz CT molecular complexity index is 1020. The lowest BCUT2D eigenvalue weighted by molar-refractivity contribution is -0.127. The van der Waals surface area contributed by atoms with E-state index in [0.29, 0.717) is 17.3 Å². The van der Waals surface area contributed by atoms with Gasteiger partial charge in [0.05, 0.1) is 5.39 Å². The lowest BCUT2D eigenvalue weighted by atomic mass is 10.1. The highest BCUT2D eigenvalue weighted by Gasteiger charge is 2.25. The summed E-state index contributed by atoms with van der Waals surface area (Å²) in [7, 11) is 0. The minimum atomic E-state index is -1.24. The molecule has 0 aliphatic rings. The van der Waals surface area contributed by atoms with Crippen LogP contribution in [0.1, 0.15) is 52.0 Å². The molecule has 30 heavy (non-hydrogen) atoms. The number of rotatable bonds is 5. The van der Waals surface area contributed by atoms with Crippen LogP contribution in [0.15, 0.2) is 29.1 Å². The Morgan fingerprint density at radius 2 is 1.70 bits per heavy atom. The number of hydrogen-bond donors (Lipinski definition) is 2. The van der Waals surface area contributed by atoms with Gasteiger partial charge >= 0.3 is 12.0 Å². The number of carbonyl (C=O) groups excluding carboxylic acids is 3. The molecule has 3 amide bonds. The van der Waals surface area contributed by atoms with Crippen LogP contribution in [0.25, 0.3) is 10.8 Å². The number of ether oxygens (including phenoxy) is 1. The summed E-state index contributed by atoms with van der Waals surface area (Å²) < 4.78 is 6.46. The van der Waals surface area contributed by atoms with Crippen molar-refractivity contribution in [1.82, 2.24) is 20.4 Å². The Kier molecular flexibility index (Phi) is 6.96. The maximum atomic E-state index is 12.8. The second kappa shape index (κ2) is 9.06. The summed E-state index contributed by atoms with van der Waals surface area (Å²) in [5.41, 5.74) is -0.901. The summed E-state index contributed by atoms with van der Waals surface area (Å²) in [5.74, 6) is -1.50. The van der Waals surface area contributed by atoms with E-state index >= 15 is 0 Å². The van der Waals surface area contributed by atoms with E-state index in [0.717, 1.165) is 0 Å². The molecule has 9 nitrogen and oxygen atoms in total. The van der Waals surface area contributed by atoms with Crippen LogP contribution in [0.2, 0.25) is 0 Å². The normalized spacial score (nSPS) is 12.5. The molecule has 0 saturated carbocycles. The van der Waals surface area contributed by atoms with Gasteiger partial charge in [-0.2, -0.15) is 5.10 Å². The van der Waals surface area contributed by atoms with Crippen molar-refractivity contribution < 1.29 is 19.1 Å². The maximum absolute atomic E-state index is 12.8. The average Bonchev–Trinajstić information content (AvgIpc) is 2.61. The van der Waals surface area contributed by atoms with Gasteiger partial charge in [-0.15, -0.1) is 0 Å². The van der Waals surface area contributed by atoms with Crippen molar-refractivity contribution in [3.05, 3.63) is 40.3 Å². The van der Waals surface area contributed by atoms with Gasteiger partial charge in [0.2, 0.25) is 0 Å². The molecule has 1 heterocycles. The number of nitrogens with one attached hydrogen (secondary N) is 2. The Hall–Kier alpha value is -3.23. The van der Waals surface area contributed by atoms with Crippen LogP contribution in [-0.4, -0.2) is 39.3 Å². The molecule has 1 atom stereocenters. The van der Waals surface area contributed by atoms with Crippen molar-refractivity contribution in [3.63, 3.8) is 0 Å². The molecule has 2 rings (SSSR count). The van der Waals surface area contributed by atoms with E-state index in [-0.39, 0.29) is 17.2 Å². The molecule has 0 saturated heterocycles. The predicted molar refractivity (Wildman–Crippen MR) is 112 cm³/mol. The predicted octanol–water partition coefficient (Wildman–Crippen LogP) is 2.22. The van der Waals surface area contributed by atoms with E-state index in [9.17, 15) is 19.2 Å². The fourth-order valence-corrected chi connectivity index (χ4v) is 2.71. The summed E-state index contributed by atoms with van der Waals surface area (Å²) in [6.45, 7) is 10.8. The lowest BCUT2D eigenvalue weighted by Gasteiger charge is -2.21. The largest absolute Gasteiger partial charge is 0.448 e. The number of fused-ring (bicyclic) bond motifs is 1. The second-order valence-corrected chi connectivity index (χ2v) is 8.52. The Labute approximate surface area is 174 Å². The number of aromatic nitrogens is 2. The number of hydrogen-bond acceptors (Lipinski definition) is 6. The number of benzene rings is 1. The first-order chi connectivity index (χ1) is 13.9. The zero-order valence-corrected chi connectivity index (χ0v) is 18.1. The minimum absolute atomic E-state index is 0.0651. The van der Waals surface area contributed by atoms with Crippen molar-refractivity contribution >= 4 is 28.7 Å². The molecule has 0 fully saturated rings. The van der Waals surface area contributed by atoms with Gasteiger partial charge in [0.25, 0.3) is 11.5 Å². The van der Waals surface area contributed by atoms with E-state index in [2.05, 4.69) is 15.7 Å². The number of carbonyl (C=O) groups is 3. The Balaban J connectivity index is 2.26. The molecule has 1 aromatic carbocycles. The smallest absolute Gasteiger partial charge is 0.360 e. The quantitative estimate of drug-likeness (QED) is 0.722. The molecular formula is C21H28N4O5. The summed E-state index contributed by atoms with van der Waals surface area (Å²) in [6, 6.07) is 5.90. The van der Waals surface area contributed by atoms with Gasteiger partial charge in [0.15, 0.2) is 11.8 Å². The van der Waals surface area contributed by atoms with E-state index in [1.54, 1.807) is 45.0 Å². The highest BCUT2D eigenvalue weighted by Crippen LogP contribution is 2.15. The van der Waals surface area contributed by atoms with Gasteiger partial charge in [-0.25, -0.2) is 14.3 Å². The van der Waals surface area contributed by atoms with Gasteiger partial charge in [-0.1, -0.05) is 32.0 Å². The van der Waals surface area contributed by atoms with Gasteiger partial charge in [-0.3, -0.25) is 14.9 Å². The molecule has 1 aromatic heterocycles. The van der Waals surface area contributed by atoms with Gasteiger partial charge in [-0.05, 0) is 39.7 Å². The van der Waals surface area contributed by atoms with Crippen LogP contribution in [-0.2, 0) is 16.1 Å². The first-order valence-electron chi connectivity index (χ1n) is 9.73. The first-order valence-corrected chi connectivity index (χ1v) is 9.73. The topological polar surface area (TPSA) is 119 Å². The Morgan fingerprint density at radius 3 is 2.27 bits per heavy atom. The molecule has 0 bridgehead atoms. The molecule has 0 unspecified atom stereocenters. The monoisotopic (exact) mass is 416 g/mol. The highest BCUT2D eigenvalue weighted by atomic mass is 16.5. The molecule has 2 aromatic rings. The van der Waals surface area contributed by atoms with Crippen LogP contribution in [0, 0.1) is 5.92 Å². The molecule has 162 valence electrons. The molecule has 0 aliphatic carbocycles. The average molecular weight is 416 g/mol. The van der Waals surface area contributed by atoms with Crippen LogP contribution in [0.4, 0.5) is 4.79 Å². The van der Waals surface area contributed by atoms with Crippen molar-refractivity contribution in [2.75, 3.05) is 0 Å².